The van der Waals surface area contributed by atoms with E-state index in [0.717, 1.165) is 119 Å². The lowest BCUT2D eigenvalue weighted by molar-refractivity contribution is -0.137. The summed E-state index contributed by atoms with van der Waals surface area (Å²) in [6, 6.07) is 18.6. The molecule has 14 nitrogen and oxygen atoms in total. The van der Waals surface area contributed by atoms with E-state index in [1.807, 2.05) is 0 Å². The van der Waals surface area contributed by atoms with Gasteiger partial charge in [-0.25, -0.2) is 32.7 Å². The van der Waals surface area contributed by atoms with Crippen LogP contribution in [0.15, 0.2) is 122 Å². The average Bonchev–Trinajstić information content (AvgIpc) is 4.13. The van der Waals surface area contributed by atoms with E-state index in [1.54, 1.807) is 48.8 Å². The van der Waals surface area contributed by atoms with Crippen molar-refractivity contribution in [2.24, 2.45) is 0 Å². The summed E-state index contributed by atoms with van der Waals surface area (Å²) in [4.78, 5) is 52.0. The van der Waals surface area contributed by atoms with Crippen molar-refractivity contribution in [3.63, 3.8) is 0 Å². The number of fused-ring (bicyclic) bond motifs is 2. The Hall–Kier alpha value is -8.10. The minimum absolute atomic E-state index is 0.141. The van der Waals surface area contributed by atoms with Crippen LogP contribution in [0.1, 0.15) is 31.2 Å². The first kappa shape index (κ1) is 48.5. The van der Waals surface area contributed by atoms with Gasteiger partial charge in [-0.05, 0) is 105 Å². The number of ether oxygens (including phenoxy) is 2. The zero-order valence-electron chi connectivity index (χ0n) is 37.9. The molecule has 8 aromatic rings. The predicted molar refractivity (Wildman–Crippen MR) is 266 cm³/mol. The molecule has 2 N–H and O–H groups in total. The van der Waals surface area contributed by atoms with Crippen LogP contribution in [-0.4, -0.2) is 58.2 Å². The molecule has 0 radical (unpaired) electrons. The van der Waals surface area contributed by atoms with E-state index in [-0.39, 0.29) is 34.4 Å². The van der Waals surface area contributed by atoms with Crippen molar-refractivity contribution in [2.45, 2.75) is 31.9 Å². The van der Waals surface area contributed by atoms with Gasteiger partial charge in [0.15, 0.2) is 23.1 Å². The van der Waals surface area contributed by atoms with Crippen molar-refractivity contribution in [1.29, 1.82) is 0 Å². The highest BCUT2D eigenvalue weighted by molar-refractivity contribution is 6.31. The van der Waals surface area contributed by atoms with E-state index < -0.39 is 62.7 Å². The first-order chi connectivity index (χ1) is 35.1. The van der Waals surface area contributed by atoms with Crippen molar-refractivity contribution in [1.82, 2.24) is 19.9 Å². The third-order valence-electron chi connectivity index (χ3n) is 11.9. The van der Waals surface area contributed by atoms with Crippen molar-refractivity contribution >= 4 is 91.7 Å². The molecule has 0 bridgehead atoms. The van der Waals surface area contributed by atoms with E-state index in [0.29, 0.717) is 49.8 Å². The van der Waals surface area contributed by atoms with Gasteiger partial charge in [0.25, 0.3) is 0 Å². The molecule has 2 saturated heterocycles. The summed E-state index contributed by atoms with van der Waals surface area (Å²) < 4.78 is 102. The molecule has 2 aliphatic rings. The highest BCUT2D eigenvalue weighted by Crippen LogP contribution is 2.39. The number of hydrogen-bond acceptors (Lipinski definition) is 10. The Bertz CT molecular complexity index is 3440. The summed E-state index contributed by atoms with van der Waals surface area (Å²) in [5, 5.41) is 4.80. The van der Waals surface area contributed by atoms with Crippen LogP contribution < -0.4 is 39.9 Å². The maximum absolute atomic E-state index is 15.5. The second-order valence-corrected chi connectivity index (χ2v) is 17.7. The Morgan fingerprint density at radius 1 is 0.534 bits per heavy atom. The first-order valence-corrected chi connectivity index (χ1v) is 23.4. The van der Waals surface area contributed by atoms with E-state index in [1.165, 1.54) is 0 Å². The molecule has 4 heterocycles. The molecule has 2 fully saturated rings. The fourth-order valence-electron chi connectivity index (χ4n) is 8.34. The van der Waals surface area contributed by atoms with Crippen LogP contribution >= 0.6 is 23.2 Å². The number of urea groups is 2. The van der Waals surface area contributed by atoms with E-state index in [9.17, 15) is 22.8 Å². The molecule has 2 aromatic heterocycles. The maximum Gasteiger partial charge on any atom is 0.417 e. The van der Waals surface area contributed by atoms with Crippen molar-refractivity contribution < 1.29 is 45.4 Å². The minimum atomic E-state index is -5.07. The molecule has 10 rings (SSSR count). The second-order valence-electron chi connectivity index (χ2n) is 16.9. The molecule has 2 aliphatic heterocycles. The number of carbonyl (C=O) groups excluding carboxylic acids is 2. The summed E-state index contributed by atoms with van der Waals surface area (Å²) in [7, 11) is 0. The largest absolute Gasteiger partial charge is 0.454 e. The number of alkyl halides is 3. The van der Waals surface area contributed by atoms with Gasteiger partial charge in [-0.3, -0.25) is 9.97 Å². The molecule has 0 atom stereocenters. The van der Waals surface area contributed by atoms with Crippen LogP contribution in [-0.2, 0) is 6.18 Å². The number of hydrogen-bond donors (Lipinski definition) is 2. The monoisotopic (exact) mass is 1040 g/mol. The molecule has 0 saturated carbocycles. The van der Waals surface area contributed by atoms with Crippen LogP contribution in [0.4, 0.5) is 70.3 Å². The van der Waals surface area contributed by atoms with Gasteiger partial charge in [0.05, 0.1) is 61.4 Å². The zero-order chi connectivity index (χ0) is 51.0. The number of carbonyl (C=O) groups is 2. The Balaban J connectivity index is 0.977. The molecule has 4 amide bonds. The van der Waals surface area contributed by atoms with Gasteiger partial charge in [0.1, 0.15) is 29.0 Å². The standard InChI is InChI=1S/C51H38Cl2F6N10O4/c52-36-11-7-31(23-35(36)51(57,58)59)68(49(70)62-29-5-13-38(54)45(21-29)72-33-9-15-41-43(25-33)64-47(27-60-41)66-17-1-2-18-66)69(32-8-12-37(53)40(56)24-32)50(71)63-30-6-14-39(55)46(22-30)73-34-10-16-42-44(26-34)65-48(28-61-42)67-19-3-4-20-67/h5-16,21-28H,1-4,17-20H2,(H,62,70)(H,63,71). The molecular weight excluding hydrogens is 1000 g/mol. The van der Waals surface area contributed by atoms with Crippen LogP contribution in [0.3, 0.4) is 0 Å². The maximum atomic E-state index is 15.5. The van der Waals surface area contributed by atoms with Gasteiger partial charge in [-0.15, -0.1) is 0 Å². The zero-order valence-corrected chi connectivity index (χ0v) is 39.5. The lowest BCUT2D eigenvalue weighted by Gasteiger charge is -2.35. The lowest BCUT2D eigenvalue weighted by Crippen LogP contribution is -2.54. The summed E-state index contributed by atoms with van der Waals surface area (Å²) in [6.07, 6.45) is 2.36. The fraction of sp³-hybridized carbons (Fsp3) is 0.176. The summed E-state index contributed by atoms with van der Waals surface area (Å²) in [6.45, 7) is 3.31. The van der Waals surface area contributed by atoms with E-state index >= 15 is 13.2 Å². The normalized spacial score (nSPS) is 13.6. The number of nitrogens with zero attached hydrogens (tertiary/aromatic N) is 8. The second kappa shape index (κ2) is 20.2. The van der Waals surface area contributed by atoms with Crippen LogP contribution in [0, 0.1) is 17.5 Å². The quantitative estimate of drug-likeness (QED) is 0.100. The average molecular weight is 1040 g/mol. The topological polar surface area (TPSA) is 141 Å². The van der Waals surface area contributed by atoms with Crippen molar-refractivity contribution in [2.75, 3.05) is 56.6 Å². The molecule has 22 heteroatoms. The number of anilines is 6. The Morgan fingerprint density at radius 3 is 1.44 bits per heavy atom. The molecule has 0 aliphatic carbocycles. The molecule has 0 unspecified atom stereocenters. The number of benzene rings is 6. The van der Waals surface area contributed by atoms with Gasteiger partial charge in [-0.1, -0.05) is 23.2 Å². The predicted octanol–water partition coefficient (Wildman–Crippen LogP) is 13.8. The molecule has 73 heavy (non-hydrogen) atoms. The molecule has 372 valence electrons. The number of nitrogens with one attached hydrogen (secondary N) is 2. The molecular formula is C51H38Cl2F6N10O4. The SMILES string of the molecule is O=C(Nc1ccc(F)c(Oc2ccc3ncc(N4CCCC4)nc3c2)c1)N(c1ccc(Cl)c(F)c1)N(C(=O)Nc1ccc(F)c(Oc2ccc3ncc(N4CCCC4)nc3c2)c1)c1ccc(Cl)c(C(F)(F)F)c1. The van der Waals surface area contributed by atoms with Gasteiger partial charge in [0.2, 0.25) is 0 Å². The third kappa shape index (κ3) is 10.6. The van der Waals surface area contributed by atoms with Gasteiger partial charge in [0, 0.05) is 67.9 Å². The number of rotatable bonds is 10. The summed E-state index contributed by atoms with van der Waals surface area (Å²) in [5.41, 5.74) is -0.692. The highest BCUT2D eigenvalue weighted by atomic mass is 35.5. The smallest absolute Gasteiger partial charge is 0.417 e. The summed E-state index contributed by atoms with van der Waals surface area (Å²) >= 11 is 12.0. The number of aromatic nitrogens is 4. The van der Waals surface area contributed by atoms with Gasteiger partial charge in [-0.2, -0.15) is 23.2 Å². The minimum Gasteiger partial charge on any atom is -0.454 e. The van der Waals surface area contributed by atoms with Crippen molar-refractivity contribution in [3.05, 3.63) is 155 Å². The number of amides is 4. The first-order valence-electron chi connectivity index (χ1n) is 22.7. The van der Waals surface area contributed by atoms with Crippen LogP contribution in [0.5, 0.6) is 23.0 Å². The van der Waals surface area contributed by atoms with Gasteiger partial charge < -0.3 is 29.9 Å². The molecule has 6 aromatic carbocycles. The molecule has 0 spiro atoms. The highest BCUT2D eigenvalue weighted by Gasteiger charge is 2.37. The number of halogens is 8. The lowest BCUT2D eigenvalue weighted by atomic mass is 10.2. The Morgan fingerprint density at radius 2 is 0.986 bits per heavy atom. The fourth-order valence-corrected chi connectivity index (χ4v) is 8.68. The van der Waals surface area contributed by atoms with E-state index in [4.69, 9.17) is 42.6 Å². The Kier molecular flexibility index (Phi) is 13.4. The Labute approximate surface area is 421 Å². The van der Waals surface area contributed by atoms with Crippen molar-refractivity contribution in [3.8, 4) is 23.0 Å². The number of hydrazine groups is 1. The summed E-state index contributed by atoms with van der Waals surface area (Å²) in [5.74, 6) is -1.88. The van der Waals surface area contributed by atoms with Crippen LogP contribution in [0.2, 0.25) is 10.0 Å². The van der Waals surface area contributed by atoms with Crippen LogP contribution in [0.25, 0.3) is 22.1 Å². The van der Waals surface area contributed by atoms with Gasteiger partial charge >= 0.3 is 18.2 Å². The third-order valence-corrected chi connectivity index (χ3v) is 12.6. The van der Waals surface area contributed by atoms with E-state index in [2.05, 4.69) is 30.4 Å².